The topological polar surface area (TPSA) is 89.7 Å². The standard InChI is InChI=1S/C14H10ClNO5/c1-8-6-9(14(17)18)2-5-12(8)21-13-7-10(16(19)20)3-4-11(13)15/h2-7H,1H3,(H,17,18). The van der Waals surface area contributed by atoms with Crippen LogP contribution in [0, 0.1) is 17.0 Å². The zero-order valence-electron chi connectivity index (χ0n) is 10.9. The van der Waals surface area contributed by atoms with E-state index in [2.05, 4.69) is 0 Å². The number of aromatic carboxylic acids is 1. The van der Waals surface area contributed by atoms with Gasteiger partial charge in [-0.15, -0.1) is 0 Å². The average Bonchev–Trinajstić information content (AvgIpc) is 2.42. The first-order valence-corrected chi connectivity index (χ1v) is 6.22. The van der Waals surface area contributed by atoms with Gasteiger partial charge in [0.2, 0.25) is 0 Å². The number of nitro groups is 1. The summed E-state index contributed by atoms with van der Waals surface area (Å²) in [4.78, 5) is 21.1. The minimum Gasteiger partial charge on any atom is -0.478 e. The average molecular weight is 308 g/mol. The summed E-state index contributed by atoms with van der Waals surface area (Å²) < 4.78 is 5.54. The first-order chi connectivity index (χ1) is 9.88. The second-order valence-electron chi connectivity index (χ2n) is 4.26. The van der Waals surface area contributed by atoms with Gasteiger partial charge < -0.3 is 9.84 Å². The maximum atomic E-state index is 10.9. The van der Waals surface area contributed by atoms with Crippen LogP contribution in [0.3, 0.4) is 0 Å². The van der Waals surface area contributed by atoms with Gasteiger partial charge in [-0.2, -0.15) is 0 Å². The number of rotatable bonds is 4. The van der Waals surface area contributed by atoms with Gasteiger partial charge in [-0.1, -0.05) is 11.6 Å². The molecule has 0 spiro atoms. The highest BCUT2D eigenvalue weighted by Gasteiger charge is 2.13. The Morgan fingerprint density at radius 2 is 1.95 bits per heavy atom. The molecule has 0 saturated heterocycles. The van der Waals surface area contributed by atoms with Gasteiger partial charge in [-0.05, 0) is 36.8 Å². The number of non-ortho nitro benzene ring substituents is 1. The van der Waals surface area contributed by atoms with Gasteiger partial charge in [-0.3, -0.25) is 10.1 Å². The molecule has 108 valence electrons. The predicted octanol–water partition coefficient (Wildman–Crippen LogP) is 4.05. The molecule has 0 bridgehead atoms. The number of aryl methyl sites for hydroxylation is 1. The Morgan fingerprint density at radius 1 is 1.24 bits per heavy atom. The van der Waals surface area contributed by atoms with Crippen LogP contribution in [0.1, 0.15) is 15.9 Å². The summed E-state index contributed by atoms with van der Waals surface area (Å²) in [5.41, 5.74) is 0.566. The van der Waals surface area contributed by atoms with Gasteiger partial charge in [0.15, 0.2) is 5.75 Å². The monoisotopic (exact) mass is 307 g/mol. The molecule has 0 aromatic heterocycles. The van der Waals surface area contributed by atoms with Crippen molar-refractivity contribution in [1.82, 2.24) is 0 Å². The van der Waals surface area contributed by atoms with E-state index in [0.29, 0.717) is 11.3 Å². The maximum Gasteiger partial charge on any atom is 0.335 e. The highest BCUT2D eigenvalue weighted by atomic mass is 35.5. The van der Waals surface area contributed by atoms with Gasteiger partial charge >= 0.3 is 5.97 Å². The molecule has 0 heterocycles. The Bertz CT molecular complexity index is 729. The number of hydrogen-bond donors (Lipinski definition) is 1. The molecular weight excluding hydrogens is 298 g/mol. The van der Waals surface area contributed by atoms with Crippen LogP contribution in [-0.4, -0.2) is 16.0 Å². The zero-order chi connectivity index (χ0) is 15.6. The summed E-state index contributed by atoms with van der Waals surface area (Å²) in [5, 5.41) is 19.9. The second-order valence-corrected chi connectivity index (χ2v) is 4.67. The molecule has 0 radical (unpaired) electrons. The van der Waals surface area contributed by atoms with Crippen molar-refractivity contribution in [3.05, 3.63) is 62.7 Å². The fourth-order valence-corrected chi connectivity index (χ4v) is 1.86. The van der Waals surface area contributed by atoms with E-state index in [4.69, 9.17) is 21.4 Å². The molecule has 0 unspecified atom stereocenters. The SMILES string of the molecule is Cc1cc(C(=O)O)ccc1Oc1cc([N+](=O)[O-])ccc1Cl. The van der Waals surface area contributed by atoms with Crippen LogP contribution >= 0.6 is 11.6 Å². The van der Waals surface area contributed by atoms with Crippen molar-refractivity contribution in [1.29, 1.82) is 0 Å². The smallest absolute Gasteiger partial charge is 0.335 e. The molecule has 0 fully saturated rings. The molecule has 7 heteroatoms. The van der Waals surface area contributed by atoms with Crippen molar-refractivity contribution in [3.63, 3.8) is 0 Å². The lowest BCUT2D eigenvalue weighted by molar-refractivity contribution is -0.384. The summed E-state index contributed by atoms with van der Waals surface area (Å²) in [6, 6.07) is 8.17. The minimum absolute atomic E-state index is 0.130. The first-order valence-electron chi connectivity index (χ1n) is 5.84. The van der Waals surface area contributed by atoms with E-state index < -0.39 is 10.9 Å². The number of benzene rings is 2. The first kappa shape index (κ1) is 14.8. The molecule has 0 saturated carbocycles. The molecule has 0 amide bonds. The lowest BCUT2D eigenvalue weighted by Crippen LogP contribution is -1.98. The van der Waals surface area contributed by atoms with E-state index in [9.17, 15) is 14.9 Å². The van der Waals surface area contributed by atoms with E-state index in [0.717, 1.165) is 0 Å². The number of carboxylic acid groups (broad SMARTS) is 1. The van der Waals surface area contributed by atoms with E-state index >= 15 is 0 Å². The quantitative estimate of drug-likeness (QED) is 0.680. The van der Waals surface area contributed by atoms with Crippen molar-refractivity contribution < 1.29 is 19.6 Å². The van der Waals surface area contributed by atoms with E-state index in [1.165, 1.54) is 36.4 Å². The lowest BCUT2D eigenvalue weighted by Gasteiger charge is -2.10. The van der Waals surface area contributed by atoms with Crippen LogP contribution in [0.25, 0.3) is 0 Å². The molecule has 0 aliphatic carbocycles. The third-order valence-electron chi connectivity index (χ3n) is 2.77. The van der Waals surface area contributed by atoms with Crippen LogP contribution in [0.15, 0.2) is 36.4 Å². The largest absolute Gasteiger partial charge is 0.478 e. The minimum atomic E-state index is -1.04. The molecule has 6 nitrogen and oxygen atoms in total. The summed E-state index contributed by atoms with van der Waals surface area (Å²) >= 11 is 5.94. The van der Waals surface area contributed by atoms with Crippen molar-refractivity contribution in [2.45, 2.75) is 6.92 Å². The van der Waals surface area contributed by atoms with Gasteiger partial charge in [0.25, 0.3) is 5.69 Å². The van der Waals surface area contributed by atoms with Crippen LogP contribution < -0.4 is 4.74 Å². The molecule has 0 aliphatic heterocycles. The number of nitrogens with zero attached hydrogens (tertiary/aromatic N) is 1. The molecular formula is C14H10ClNO5. The number of carboxylic acids is 1. The number of carbonyl (C=O) groups is 1. The van der Waals surface area contributed by atoms with Crippen LogP contribution in [0.4, 0.5) is 5.69 Å². The highest BCUT2D eigenvalue weighted by Crippen LogP contribution is 2.34. The van der Waals surface area contributed by atoms with Gasteiger partial charge in [0.1, 0.15) is 5.75 Å². The second kappa shape index (κ2) is 5.80. The van der Waals surface area contributed by atoms with Crippen molar-refractivity contribution in [2.24, 2.45) is 0 Å². The maximum absolute atomic E-state index is 10.9. The van der Waals surface area contributed by atoms with Crippen LogP contribution in [0.2, 0.25) is 5.02 Å². The Balaban J connectivity index is 2.36. The predicted molar refractivity (Wildman–Crippen MR) is 76.3 cm³/mol. The molecule has 0 aliphatic rings. The Labute approximate surface area is 124 Å². The summed E-state index contributed by atoms with van der Waals surface area (Å²) in [6.07, 6.45) is 0. The highest BCUT2D eigenvalue weighted by molar-refractivity contribution is 6.32. The van der Waals surface area contributed by atoms with Gasteiger partial charge in [-0.25, -0.2) is 4.79 Å². The summed E-state index contributed by atoms with van der Waals surface area (Å²) in [6.45, 7) is 1.67. The molecule has 0 atom stereocenters. The number of hydrogen-bond acceptors (Lipinski definition) is 4. The summed E-state index contributed by atoms with van der Waals surface area (Å²) in [5.74, 6) is -0.530. The van der Waals surface area contributed by atoms with Crippen molar-refractivity contribution in [2.75, 3.05) is 0 Å². The van der Waals surface area contributed by atoms with Crippen LogP contribution in [-0.2, 0) is 0 Å². The van der Waals surface area contributed by atoms with E-state index in [1.807, 2.05) is 0 Å². The Hall–Kier alpha value is -2.60. The van der Waals surface area contributed by atoms with Gasteiger partial charge in [0, 0.05) is 6.07 Å². The molecule has 2 aromatic carbocycles. The third-order valence-corrected chi connectivity index (χ3v) is 3.08. The normalized spacial score (nSPS) is 10.2. The molecule has 21 heavy (non-hydrogen) atoms. The van der Waals surface area contributed by atoms with E-state index in [-0.39, 0.29) is 22.0 Å². The lowest BCUT2D eigenvalue weighted by atomic mass is 10.1. The van der Waals surface area contributed by atoms with Crippen molar-refractivity contribution in [3.8, 4) is 11.5 Å². The Kier molecular flexibility index (Phi) is 4.09. The number of ether oxygens (including phenoxy) is 1. The molecule has 2 rings (SSSR count). The van der Waals surface area contributed by atoms with Gasteiger partial charge in [0.05, 0.1) is 21.6 Å². The third kappa shape index (κ3) is 3.29. The zero-order valence-corrected chi connectivity index (χ0v) is 11.6. The molecule has 2 aromatic rings. The van der Waals surface area contributed by atoms with E-state index in [1.54, 1.807) is 6.92 Å². The van der Waals surface area contributed by atoms with Crippen molar-refractivity contribution >= 4 is 23.3 Å². The molecule has 1 N–H and O–H groups in total. The van der Waals surface area contributed by atoms with Crippen LogP contribution in [0.5, 0.6) is 11.5 Å². The Morgan fingerprint density at radius 3 is 2.52 bits per heavy atom. The number of halogens is 1. The summed E-state index contributed by atoms with van der Waals surface area (Å²) in [7, 11) is 0. The fourth-order valence-electron chi connectivity index (χ4n) is 1.70. The fraction of sp³-hybridized carbons (Fsp3) is 0.0714. The number of nitro benzene ring substituents is 1.